The number of H-pyrrole nitrogens is 1. The van der Waals surface area contributed by atoms with Crippen LogP contribution in [-0.4, -0.2) is 9.97 Å². The molecule has 25 heavy (non-hydrogen) atoms. The average Bonchev–Trinajstić information content (AvgIpc) is 3.35. The predicted molar refractivity (Wildman–Crippen MR) is 112 cm³/mol. The Bertz CT molecular complexity index is 1400. The summed E-state index contributed by atoms with van der Waals surface area (Å²) >= 11 is 5.78. The first-order valence-electron chi connectivity index (χ1n) is 8.05. The third kappa shape index (κ3) is 1.91. The molecule has 2 aromatic carbocycles. The molecule has 0 unspecified atom stereocenters. The zero-order chi connectivity index (χ0) is 16.5. The molecule has 0 bridgehead atoms. The molecular formula is C20H12N2S3. The number of imidazole rings is 1. The molecule has 0 radical (unpaired) electrons. The summed E-state index contributed by atoms with van der Waals surface area (Å²) in [5, 5.41) is 2.77. The van der Waals surface area contributed by atoms with Crippen LogP contribution in [0.25, 0.3) is 50.4 Å². The highest BCUT2D eigenvalue weighted by molar-refractivity contribution is 7.43. The lowest BCUT2D eigenvalue weighted by Gasteiger charge is -1.97. The predicted octanol–water partition coefficient (Wildman–Crippen LogP) is 7.18. The SMILES string of the molecule is Cc1ccc2c(c1)sc1c2sc2c3ccc(-c4ncc[nH]4)cc3sc21. The molecule has 4 heterocycles. The molecule has 0 aliphatic heterocycles. The van der Waals surface area contributed by atoms with Gasteiger partial charge in [0.1, 0.15) is 5.82 Å². The normalized spacial score (nSPS) is 12.2. The van der Waals surface area contributed by atoms with Gasteiger partial charge in [-0.2, -0.15) is 0 Å². The molecule has 0 spiro atoms. The van der Waals surface area contributed by atoms with Crippen LogP contribution in [0.2, 0.25) is 0 Å². The first-order valence-corrected chi connectivity index (χ1v) is 10.5. The minimum absolute atomic E-state index is 0.932. The van der Waals surface area contributed by atoms with E-state index in [2.05, 4.69) is 53.3 Å². The van der Waals surface area contributed by atoms with Crippen molar-refractivity contribution in [2.24, 2.45) is 0 Å². The smallest absolute Gasteiger partial charge is 0.137 e. The van der Waals surface area contributed by atoms with Crippen LogP contribution in [0.5, 0.6) is 0 Å². The summed E-state index contributed by atoms with van der Waals surface area (Å²) in [6.07, 6.45) is 3.67. The lowest BCUT2D eigenvalue weighted by Crippen LogP contribution is -1.78. The van der Waals surface area contributed by atoms with E-state index >= 15 is 0 Å². The minimum atomic E-state index is 0.932. The summed E-state index contributed by atoms with van der Waals surface area (Å²) in [6, 6.07) is 13.5. The van der Waals surface area contributed by atoms with Crippen LogP contribution >= 0.6 is 34.0 Å². The lowest BCUT2D eigenvalue weighted by atomic mass is 10.1. The summed E-state index contributed by atoms with van der Waals surface area (Å²) in [4.78, 5) is 7.57. The van der Waals surface area contributed by atoms with Gasteiger partial charge in [0.25, 0.3) is 0 Å². The summed E-state index contributed by atoms with van der Waals surface area (Å²) < 4.78 is 8.49. The molecule has 0 amide bonds. The number of rotatable bonds is 1. The van der Waals surface area contributed by atoms with Crippen LogP contribution in [0, 0.1) is 6.92 Å². The molecule has 6 aromatic rings. The molecule has 0 saturated heterocycles. The molecule has 0 aliphatic rings. The van der Waals surface area contributed by atoms with Crippen LogP contribution in [0.15, 0.2) is 48.8 Å². The van der Waals surface area contributed by atoms with Crippen molar-refractivity contribution in [2.75, 3.05) is 0 Å². The third-order valence-electron chi connectivity index (χ3n) is 4.63. The number of hydrogen-bond donors (Lipinski definition) is 1. The van der Waals surface area contributed by atoms with Crippen LogP contribution in [-0.2, 0) is 0 Å². The maximum atomic E-state index is 4.38. The van der Waals surface area contributed by atoms with Crippen LogP contribution < -0.4 is 0 Å². The topological polar surface area (TPSA) is 28.7 Å². The first kappa shape index (κ1) is 14.0. The first-order chi connectivity index (χ1) is 12.3. The molecule has 0 atom stereocenters. The second kappa shape index (κ2) is 4.91. The van der Waals surface area contributed by atoms with E-state index in [1.54, 1.807) is 6.20 Å². The van der Waals surface area contributed by atoms with Crippen molar-refractivity contribution in [1.29, 1.82) is 0 Å². The highest BCUT2D eigenvalue weighted by Gasteiger charge is 2.17. The Morgan fingerprint density at radius 1 is 0.800 bits per heavy atom. The van der Waals surface area contributed by atoms with Gasteiger partial charge in [0.05, 0.1) is 18.8 Å². The van der Waals surface area contributed by atoms with Gasteiger partial charge in [-0.3, -0.25) is 0 Å². The van der Waals surface area contributed by atoms with Crippen molar-refractivity contribution >= 4 is 73.0 Å². The maximum absolute atomic E-state index is 4.38. The van der Waals surface area contributed by atoms with Crippen molar-refractivity contribution in [3.05, 3.63) is 54.4 Å². The minimum Gasteiger partial charge on any atom is -0.345 e. The number of aromatic nitrogens is 2. The van der Waals surface area contributed by atoms with E-state index in [9.17, 15) is 0 Å². The maximum Gasteiger partial charge on any atom is 0.137 e. The fraction of sp³-hybridized carbons (Fsp3) is 0.0500. The molecule has 4 aromatic heterocycles. The Balaban J connectivity index is 1.68. The Hall–Kier alpha value is -2.21. The van der Waals surface area contributed by atoms with Crippen molar-refractivity contribution in [1.82, 2.24) is 9.97 Å². The van der Waals surface area contributed by atoms with Crippen LogP contribution in [0.3, 0.4) is 0 Å². The number of hydrogen-bond acceptors (Lipinski definition) is 4. The number of fused-ring (bicyclic) bond motifs is 7. The number of aryl methyl sites for hydroxylation is 1. The van der Waals surface area contributed by atoms with Gasteiger partial charge in [0.15, 0.2) is 0 Å². The van der Waals surface area contributed by atoms with Gasteiger partial charge in [0, 0.05) is 38.1 Å². The van der Waals surface area contributed by atoms with E-state index in [-0.39, 0.29) is 0 Å². The van der Waals surface area contributed by atoms with Crippen molar-refractivity contribution in [3.63, 3.8) is 0 Å². The second-order valence-electron chi connectivity index (χ2n) is 6.27. The summed E-state index contributed by atoms with van der Waals surface area (Å²) in [5.41, 5.74) is 2.48. The number of benzene rings is 2. The molecular weight excluding hydrogens is 364 g/mol. The Morgan fingerprint density at radius 3 is 2.24 bits per heavy atom. The highest BCUT2D eigenvalue weighted by Crippen LogP contribution is 2.50. The monoisotopic (exact) mass is 376 g/mol. The van der Waals surface area contributed by atoms with E-state index in [0.717, 1.165) is 11.4 Å². The quantitative estimate of drug-likeness (QED) is 0.323. The Morgan fingerprint density at radius 2 is 1.52 bits per heavy atom. The van der Waals surface area contributed by atoms with E-state index in [4.69, 9.17) is 0 Å². The van der Waals surface area contributed by atoms with Crippen LogP contribution in [0.4, 0.5) is 0 Å². The highest BCUT2D eigenvalue weighted by atomic mass is 32.1. The van der Waals surface area contributed by atoms with E-state index in [1.807, 2.05) is 40.2 Å². The van der Waals surface area contributed by atoms with Crippen molar-refractivity contribution < 1.29 is 0 Å². The number of aromatic amines is 1. The lowest BCUT2D eigenvalue weighted by molar-refractivity contribution is 1.31. The Kier molecular flexibility index (Phi) is 2.75. The van der Waals surface area contributed by atoms with Crippen molar-refractivity contribution in [3.8, 4) is 11.4 Å². The van der Waals surface area contributed by atoms with Gasteiger partial charge < -0.3 is 4.98 Å². The van der Waals surface area contributed by atoms with E-state index < -0.39 is 0 Å². The van der Waals surface area contributed by atoms with E-state index in [1.165, 1.54) is 44.5 Å². The van der Waals surface area contributed by atoms with Gasteiger partial charge >= 0.3 is 0 Å². The summed E-state index contributed by atoms with van der Waals surface area (Å²) in [7, 11) is 0. The van der Waals surface area contributed by atoms with Gasteiger partial charge in [-0.15, -0.1) is 34.0 Å². The molecule has 2 nitrogen and oxygen atoms in total. The van der Waals surface area contributed by atoms with Gasteiger partial charge in [-0.25, -0.2) is 4.98 Å². The summed E-state index contributed by atoms with van der Waals surface area (Å²) in [5.74, 6) is 0.932. The largest absolute Gasteiger partial charge is 0.345 e. The Labute approximate surface area is 155 Å². The summed E-state index contributed by atoms with van der Waals surface area (Å²) in [6.45, 7) is 2.17. The zero-order valence-electron chi connectivity index (χ0n) is 13.3. The molecule has 0 saturated carbocycles. The van der Waals surface area contributed by atoms with Gasteiger partial charge in [-0.1, -0.05) is 24.3 Å². The van der Waals surface area contributed by atoms with Crippen molar-refractivity contribution in [2.45, 2.75) is 6.92 Å². The molecule has 120 valence electrons. The molecule has 5 heteroatoms. The molecule has 6 rings (SSSR count). The zero-order valence-corrected chi connectivity index (χ0v) is 15.7. The second-order valence-corrected chi connectivity index (χ2v) is 9.40. The molecule has 0 aliphatic carbocycles. The number of thiophene rings is 3. The van der Waals surface area contributed by atoms with E-state index in [0.29, 0.717) is 0 Å². The fourth-order valence-corrected chi connectivity index (χ4v) is 7.83. The van der Waals surface area contributed by atoms with Crippen LogP contribution in [0.1, 0.15) is 5.56 Å². The molecule has 0 fully saturated rings. The molecule has 1 N–H and O–H groups in total. The fourth-order valence-electron chi connectivity index (χ4n) is 3.43. The standard InChI is InChI=1S/C20H12N2S3/c1-10-2-4-12-14(8-10)23-18-16(12)25-17-13-5-3-11(20-21-6-7-22-20)9-15(13)24-19(17)18/h2-9H,1H3,(H,21,22). The van der Waals surface area contributed by atoms with Gasteiger partial charge in [0.2, 0.25) is 0 Å². The average molecular weight is 377 g/mol. The number of nitrogens with one attached hydrogen (secondary N) is 1. The van der Waals surface area contributed by atoms with Gasteiger partial charge in [-0.05, 0) is 24.6 Å². The third-order valence-corrected chi connectivity index (χ3v) is 8.61. The number of nitrogens with zero attached hydrogens (tertiary/aromatic N) is 1.